The summed E-state index contributed by atoms with van der Waals surface area (Å²) in [5, 5.41) is 57.6. The first-order valence-electron chi connectivity index (χ1n) is 22.8. The standard InChI is InChI=1S/2C9H5F3N3.2C9H8N3.2C5H7N2.2C3H3N2.3CH4.4Pt/c2*10-9(11,12)8-5-7(14-15-8)6-3-1-2-4-13-6;2*1-7-6-9(12-11-7)8-4-2-3-5-10-8;2*1-4-3-5(2)7-6-4;2*1-2-4-5-3-1;;;;;;;/h2*1-5H;2*2-6H,1H3;2*3H,1-2H3;2*1-3H;3*1H4;;;;/q8*-1;;;;4*+2. The zero-order valence-corrected chi connectivity index (χ0v) is 52.7. The van der Waals surface area contributed by atoms with Gasteiger partial charge >= 0.3 is 96.6 Å². The topological polar surface area (TPSA) is 267 Å². The Bertz CT molecular complexity index is 3130. The van der Waals surface area contributed by atoms with Crippen molar-refractivity contribution in [2.75, 3.05) is 0 Å². The molecule has 30 heteroatoms. The zero-order valence-electron chi connectivity index (χ0n) is 43.6. The fourth-order valence-electron chi connectivity index (χ4n) is 5.62. The summed E-state index contributed by atoms with van der Waals surface area (Å²) in [6.07, 6.45) is 4.10. The number of hydrogen-bond acceptors (Lipinski definition) is 12. The summed E-state index contributed by atoms with van der Waals surface area (Å²) >= 11 is 0. The molecule has 0 saturated heterocycles. The van der Waals surface area contributed by atoms with E-state index in [-0.39, 0.29) is 118 Å². The number of pyridine rings is 4. The van der Waals surface area contributed by atoms with Crippen LogP contribution in [0.3, 0.4) is 0 Å². The van der Waals surface area contributed by atoms with Gasteiger partial charge in [0.1, 0.15) is 11.4 Å². The van der Waals surface area contributed by atoms with Gasteiger partial charge in [-0.05, 0) is 88.4 Å². The fourth-order valence-corrected chi connectivity index (χ4v) is 5.62. The monoisotopic (exact) mass is 1890 g/mol. The van der Waals surface area contributed by atoms with Crippen LogP contribution >= 0.6 is 0 Å². The van der Waals surface area contributed by atoms with E-state index in [1.54, 1.807) is 85.7 Å². The van der Waals surface area contributed by atoms with Crippen molar-refractivity contribution < 1.29 is 111 Å². The third-order valence-corrected chi connectivity index (χ3v) is 9.00. The van der Waals surface area contributed by atoms with E-state index >= 15 is 0 Å². The Morgan fingerprint density at radius 3 is 0.741 bits per heavy atom. The first-order chi connectivity index (χ1) is 37.4. The largest absolute Gasteiger partial charge is 2.00 e. The van der Waals surface area contributed by atoms with E-state index in [9.17, 15) is 26.3 Å². The van der Waals surface area contributed by atoms with Crippen molar-refractivity contribution in [1.29, 1.82) is 0 Å². The first-order valence-corrected chi connectivity index (χ1v) is 22.8. The number of hydrogen-bond donors (Lipinski definition) is 0. The summed E-state index contributed by atoms with van der Waals surface area (Å²) in [5.74, 6) is 0. The van der Waals surface area contributed by atoms with Gasteiger partial charge in [0.25, 0.3) is 0 Å². The number of aromatic nitrogens is 20. The molecule has 12 heterocycles. The van der Waals surface area contributed by atoms with Crippen LogP contribution in [0.4, 0.5) is 26.3 Å². The molecule has 85 heavy (non-hydrogen) atoms. The predicted octanol–water partition coefficient (Wildman–Crippen LogP) is 10.3. The summed E-state index contributed by atoms with van der Waals surface area (Å²) in [4.78, 5) is 16.1. The number of aryl methyl sites for hydroxylation is 6. The molecule has 0 N–H and O–H groups in total. The van der Waals surface area contributed by atoms with E-state index in [1.807, 2.05) is 102 Å². The summed E-state index contributed by atoms with van der Waals surface area (Å²) in [6, 6.07) is 34.3. The predicted molar refractivity (Wildman–Crippen MR) is 292 cm³/mol. The Morgan fingerprint density at radius 1 is 0.318 bits per heavy atom. The number of halogens is 6. The molecule has 12 aromatic heterocycles. The van der Waals surface area contributed by atoms with Crippen molar-refractivity contribution in [3.05, 3.63) is 216 Å². The minimum Gasteiger partial charge on any atom is -0.582 e. The van der Waals surface area contributed by atoms with E-state index < -0.39 is 23.7 Å². The molecule has 0 spiro atoms. The molecule has 0 aromatic carbocycles. The van der Waals surface area contributed by atoms with Crippen LogP contribution in [0.5, 0.6) is 0 Å². The van der Waals surface area contributed by atoms with E-state index in [2.05, 4.69) is 102 Å². The smallest absolute Gasteiger partial charge is 0.582 e. The first kappa shape index (κ1) is 81.8. The van der Waals surface area contributed by atoms with Gasteiger partial charge in [-0.1, -0.05) is 120 Å². The Hall–Kier alpha value is -7.39. The maximum atomic E-state index is 12.2. The van der Waals surface area contributed by atoms with Crippen LogP contribution in [0.2, 0.25) is 0 Å². The molecule has 0 aliphatic heterocycles. The van der Waals surface area contributed by atoms with Gasteiger partial charge < -0.3 is 81.6 Å². The normalized spacial score (nSPS) is 9.46. The molecule has 0 aliphatic rings. The second-order valence-corrected chi connectivity index (χ2v) is 15.5. The van der Waals surface area contributed by atoms with Crippen molar-refractivity contribution >= 4 is 0 Å². The third-order valence-electron chi connectivity index (χ3n) is 9.00. The van der Waals surface area contributed by atoms with E-state index in [0.717, 1.165) is 69.1 Å². The molecule has 0 bridgehead atoms. The third kappa shape index (κ3) is 31.4. The minimum absolute atomic E-state index is 0. The molecule has 0 aliphatic carbocycles. The Labute approximate surface area is 546 Å². The Morgan fingerprint density at radius 2 is 0.588 bits per heavy atom. The van der Waals surface area contributed by atoms with Gasteiger partial charge in [0.05, 0.1) is 0 Å². The molecule has 0 unspecified atom stereocenters. The maximum Gasteiger partial charge on any atom is 2.00 e. The molecule has 0 atom stereocenters. The van der Waals surface area contributed by atoms with Gasteiger partial charge in [-0.25, -0.2) is 0 Å². The molecule has 12 aromatic rings. The van der Waals surface area contributed by atoms with Gasteiger partial charge in [-0.3, -0.25) is 19.9 Å². The van der Waals surface area contributed by atoms with Crippen molar-refractivity contribution in [2.45, 2.75) is 76.2 Å². The molecule has 12 rings (SSSR count). The molecular formula is C55H58F6N20Pt4. The average molecular weight is 1890 g/mol. The van der Waals surface area contributed by atoms with Crippen LogP contribution in [-0.4, -0.2) is 60.7 Å². The van der Waals surface area contributed by atoms with Crippen molar-refractivity contribution in [1.82, 2.24) is 102 Å². The van der Waals surface area contributed by atoms with Crippen molar-refractivity contribution in [3.63, 3.8) is 0 Å². The van der Waals surface area contributed by atoms with Gasteiger partial charge in [0, 0.05) is 82.7 Å². The molecule has 0 fully saturated rings. The average Bonchev–Trinajstić information content (AvgIpc) is 4.51. The Kier molecular flexibility index (Phi) is 41.7. The zero-order chi connectivity index (χ0) is 56.2. The fraction of sp³-hybridized carbons (Fsp3) is 0.200. The van der Waals surface area contributed by atoms with Crippen LogP contribution in [0.25, 0.3) is 45.6 Å². The summed E-state index contributed by atoms with van der Waals surface area (Å²) < 4.78 is 73.2. The van der Waals surface area contributed by atoms with Gasteiger partial charge in [-0.15, -0.1) is 11.4 Å². The molecule has 0 amide bonds. The van der Waals surface area contributed by atoms with Crippen LogP contribution in [-0.2, 0) is 96.6 Å². The van der Waals surface area contributed by atoms with Crippen LogP contribution in [0.1, 0.15) is 67.8 Å². The summed E-state index contributed by atoms with van der Waals surface area (Å²) in [5.41, 5.74) is 8.28. The number of nitrogens with zero attached hydrogens (tertiary/aromatic N) is 20. The molecule has 460 valence electrons. The second kappa shape index (κ2) is 43.3. The summed E-state index contributed by atoms with van der Waals surface area (Å²) in [6.45, 7) is 11.6. The second-order valence-electron chi connectivity index (χ2n) is 15.5. The van der Waals surface area contributed by atoms with Crippen LogP contribution in [0, 0.1) is 41.5 Å². The van der Waals surface area contributed by atoms with E-state index in [1.165, 1.54) is 12.4 Å². The van der Waals surface area contributed by atoms with Crippen molar-refractivity contribution in [3.8, 4) is 45.6 Å². The quantitative estimate of drug-likeness (QED) is 0.148. The molecule has 0 radical (unpaired) electrons. The summed E-state index contributed by atoms with van der Waals surface area (Å²) in [7, 11) is 0. The molecule has 20 nitrogen and oxygen atoms in total. The van der Waals surface area contributed by atoms with Gasteiger partial charge in [0.2, 0.25) is 0 Å². The van der Waals surface area contributed by atoms with E-state index in [4.69, 9.17) is 0 Å². The molecule has 0 saturated carbocycles. The SMILES string of the molecule is C.C.C.Cc1cc(-c2ccccn2)[n-]n1.Cc1cc(-c2ccccn2)[n-]n1.Cc1cc(C)[n-]n1.Cc1cc(C)[n-]n1.FC(F)(F)c1cc(-c2ccccn2)[n-]n1.FC(F)(F)c1cc(-c2ccccn2)[n-]n1.[Pt+2].[Pt+2].[Pt+2].[Pt+2].c1cn[n-]c1.c1cn[n-]c1. The Balaban J connectivity index is -0.000000917. The molecular weight excluding hydrogens is 1840 g/mol. The van der Waals surface area contributed by atoms with Crippen LogP contribution in [0.15, 0.2) is 171 Å². The number of rotatable bonds is 4. The van der Waals surface area contributed by atoms with Gasteiger partial charge in [-0.2, -0.15) is 38.7 Å². The van der Waals surface area contributed by atoms with Crippen molar-refractivity contribution in [2.24, 2.45) is 0 Å². The number of alkyl halides is 6. The maximum absolute atomic E-state index is 12.2. The minimum atomic E-state index is -4.46. The van der Waals surface area contributed by atoms with E-state index in [0.29, 0.717) is 11.4 Å². The van der Waals surface area contributed by atoms with Gasteiger partial charge in [0.15, 0.2) is 0 Å². The van der Waals surface area contributed by atoms with Crippen LogP contribution < -0.4 is 40.8 Å².